The van der Waals surface area contributed by atoms with Gasteiger partial charge >= 0.3 is 0 Å². The van der Waals surface area contributed by atoms with E-state index < -0.39 is 0 Å². The summed E-state index contributed by atoms with van der Waals surface area (Å²) in [4.78, 5) is 2.41. The Morgan fingerprint density at radius 2 is 1.83 bits per heavy atom. The Morgan fingerprint density at radius 1 is 1.09 bits per heavy atom. The maximum Gasteiger partial charge on any atom is 0.126 e. The highest BCUT2D eigenvalue weighted by Gasteiger charge is 2.30. The van der Waals surface area contributed by atoms with Crippen LogP contribution in [0, 0.1) is 0 Å². The molecule has 2 aromatic rings. The summed E-state index contributed by atoms with van der Waals surface area (Å²) >= 11 is 0. The zero-order valence-electron chi connectivity index (χ0n) is 13.6. The third-order valence-corrected chi connectivity index (χ3v) is 4.47. The summed E-state index contributed by atoms with van der Waals surface area (Å²) in [5.74, 6) is 1.33. The van der Waals surface area contributed by atoms with Gasteiger partial charge in [-0.1, -0.05) is 60.7 Å². The van der Waals surface area contributed by atoms with Crippen molar-refractivity contribution in [2.75, 3.05) is 26.7 Å². The van der Waals surface area contributed by atoms with Crippen molar-refractivity contribution in [1.29, 1.82) is 0 Å². The molecule has 1 saturated heterocycles. The Balaban J connectivity index is 1.60. The summed E-state index contributed by atoms with van der Waals surface area (Å²) < 4.78 is 5.37. The minimum Gasteiger partial charge on any atom is -0.496 e. The van der Waals surface area contributed by atoms with Gasteiger partial charge in [-0.05, 0) is 11.6 Å². The number of nitrogens with two attached hydrogens (primary N) is 1. The molecule has 3 rings (SSSR count). The molecule has 1 heterocycles. The Labute approximate surface area is 138 Å². The van der Waals surface area contributed by atoms with E-state index in [0.717, 1.165) is 30.9 Å². The van der Waals surface area contributed by atoms with Crippen LogP contribution < -0.4 is 10.5 Å². The second-order valence-electron chi connectivity index (χ2n) is 6.04. The van der Waals surface area contributed by atoms with Crippen molar-refractivity contribution >= 4 is 6.08 Å². The van der Waals surface area contributed by atoms with Gasteiger partial charge in [0, 0.05) is 37.2 Å². The molecule has 1 aliphatic rings. The van der Waals surface area contributed by atoms with Gasteiger partial charge in [-0.2, -0.15) is 0 Å². The van der Waals surface area contributed by atoms with Crippen LogP contribution in [0.15, 0.2) is 60.7 Å². The molecule has 0 amide bonds. The van der Waals surface area contributed by atoms with Crippen molar-refractivity contribution in [3.63, 3.8) is 0 Å². The highest BCUT2D eigenvalue weighted by Crippen LogP contribution is 2.26. The highest BCUT2D eigenvalue weighted by atomic mass is 16.5. The highest BCUT2D eigenvalue weighted by molar-refractivity contribution is 5.57. The number of nitrogens with zero attached hydrogens (tertiary/aromatic N) is 1. The topological polar surface area (TPSA) is 38.5 Å². The molecule has 3 heteroatoms. The standard InChI is InChI=1S/C20H24N2O/c1-23-20-12-6-5-10-17(20)11-7-13-22-14-18(19(21)15-22)16-8-3-2-4-9-16/h2-12,18-19H,13-15,21H2,1H3/b11-7+/t18-,19+/m0/s1. The van der Waals surface area contributed by atoms with Crippen LogP contribution in [0.25, 0.3) is 6.08 Å². The van der Waals surface area contributed by atoms with Crippen LogP contribution in [0.5, 0.6) is 5.75 Å². The zero-order valence-corrected chi connectivity index (χ0v) is 13.6. The van der Waals surface area contributed by atoms with Gasteiger partial charge in [0.1, 0.15) is 5.75 Å². The van der Waals surface area contributed by atoms with Crippen molar-refractivity contribution in [2.24, 2.45) is 5.73 Å². The molecule has 23 heavy (non-hydrogen) atoms. The van der Waals surface area contributed by atoms with Crippen molar-refractivity contribution in [1.82, 2.24) is 4.90 Å². The molecule has 2 atom stereocenters. The van der Waals surface area contributed by atoms with Gasteiger partial charge in [0.2, 0.25) is 0 Å². The smallest absolute Gasteiger partial charge is 0.126 e. The second kappa shape index (κ2) is 7.44. The molecule has 0 radical (unpaired) electrons. The third-order valence-electron chi connectivity index (χ3n) is 4.47. The first kappa shape index (κ1) is 15.8. The Kier molecular flexibility index (Phi) is 5.11. The van der Waals surface area contributed by atoms with E-state index in [1.165, 1.54) is 5.56 Å². The average Bonchev–Trinajstić information content (AvgIpc) is 2.97. The quantitative estimate of drug-likeness (QED) is 0.922. The van der Waals surface area contributed by atoms with Crippen molar-refractivity contribution in [3.8, 4) is 5.75 Å². The molecule has 1 fully saturated rings. The van der Waals surface area contributed by atoms with Crippen LogP contribution in [0.1, 0.15) is 17.0 Å². The van der Waals surface area contributed by atoms with Gasteiger partial charge in [-0.25, -0.2) is 0 Å². The second-order valence-corrected chi connectivity index (χ2v) is 6.04. The van der Waals surface area contributed by atoms with E-state index in [1.54, 1.807) is 7.11 Å². The van der Waals surface area contributed by atoms with Crippen molar-refractivity contribution in [2.45, 2.75) is 12.0 Å². The van der Waals surface area contributed by atoms with E-state index in [-0.39, 0.29) is 6.04 Å². The normalized spacial score (nSPS) is 21.8. The SMILES string of the molecule is COc1ccccc1/C=C/CN1C[C@@H](N)[C@H](c2ccccc2)C1. The first-order chi connectivity index (χ1) is 11.3. The molecule has 0 aromatic heterocycles. The van der Waals surface area contributed by atoms with E-state index in [2.05, 4.69) is 53.5 Å². The summed E-state index contributed by atoms with van der Waals surface area (Å²) in [7, 11) is 1.70. The fraction of sp³-hybridized carbons (Fsp3) is 0.300. The van der Waals surface area contributed by atoms with Crippen molar-refractivity contribution in [3.05, 3.63) is 71.8 Å². The number of hydrogen-bond donors (Lipinski definition) is 1. The number of likely N-dealkylation sites (tertiary alicyclic amines) is 1. The number of benzene rings is 2. The molecule has 0 unspecified atom stereocenters. The van der Waals surface area contributed by atoms with E-state index in [4.69, 9.17) is 10.5 Å². The molecule has 3 nitrogen and oxygen atoms in total. The molecule has 2 N–H and O–H groups in total. The van der Waals surface area contributed by atoms with Crippen LogP contribution in [0.3, 0.4) is 0 Å². The molecule has 0 saturated carbocycles. The molecular weight excluding hydrogens is 284 g/mol. The number of rotatable bonds is 5. The lowest BCUT2D eigenvalue weighted by molar-refractivity contribution is 0.369. The zero-order chi connectivity index (χ0) is 16.1. The van der Waals surface area contributed by atoms with E-state index in [0.29, 0.717) is 5.92 Å². The first-order valence-corrected chi connectivity index (χ1v) is 8.10. The first-order valence-electron chi connectivity index (χ1n) is 8.10. The summed E-state index contributed by atoms with van der Waals surface area (Å²) in [6.45, 7) is 2.87. The molecule has 0 spiro atoms. The monoisotopic (exact) mass is 308 g/mol. The minimum atomic E-state index is 0.206. The maximum absolute atomic E-state index is 6.34. The number of methoxy groups -OCH3 is 1. The summed E-state index contributed by atoms with van der Waals surface area (Å²) in [6, 6.07) is 18.9. The van der Waals surface area contributed by atoms with Crippen molar-refractivity contribution < 1.29 is 4.74 Å². The fourth-order valence-corrected chi connectivity index (χ4v) is 3.25. The third kappa shape index (κ3) is 3.81. The van der Waals surface area contributed by atoms with Gasteiger partial charge in [0.15, 0.2) is 0 Å². The van der Waals surface area contributed by atoms with E-state index >= 15 is 0 Å². The molecule has 0 aliphatic carbocycles. The van der Waals surface area contributed by atoms with Gasteiger partial charge in [-0.3, -0.25) is 4.90 Å². The lowest BCUT2D eigenvalue weighted by atomic mass is 9.95. The van der Waals surface area contributed by atoms with E-state index in [1.807, 2.05) is 18.2 Å². The van der Waals surface area contributed by atoms with Gasteiger partial charge in [0.05, 0.1) is 7.11 Å². The molecule has 1 aliphatic heterocycles. The lowest BCUT2D eigenvalue weighted by Crippen LogP contribution is -2.28. The minimum absolute atomic E-state index is 0.206. The van der Waals surface area contributed by atoms with Crippen LogP contribution in [0.2, 0.25) is 0 Å². The summed E-state index contributed by atoms with van der Waals surface area (Å²) in [5.41, 5.74) is 8.80. The van der Waals surface area contributed by atoms with Crippen LogP contribution in [0.4, 0.5) is 0 Å². The molecule has 2 aromatic carbocycles. The van der Waals surface area contributed by atoms with Gasteiger partial charge < -0.3 is 10.5 Å². The predicted octanol–water partition coefficient (Wildman–Crippen LogP) is 3.14. The maximum atomic E-state index is 6.34. The Bertz CT molecular complexity index is 654. The number of para-hydroxylation sites is 1. The van der Waals surface area contributed by atoms with Crippen LogP contribution >= 0.6 is 0 Å². The predicted molar refractivity (Wildman–Crippen MR) is 95.6 cm³/mol. The van der Waals surface area contributed by atoms with E-state index in [9.17, 15) is 0 Å². The average molecular weight is 308 g/mol. The van der Waals surface area contributed by atoms with Crippen LogP contribution in [-0.4, -0.2) is 37.7 Å². The van der Waals surface area contributed by atoms with Crippen LogP contribution in [-0.2, 0) is 0 Å². The fourth-order valence-electron chi connectivity index (χ4n) is 3.25. The summed E-state index contributed by atoms with van der Waals surface area (Å²) in [5, 5.41) is 0. The Hall–Kier alpha value is -2.10. The molecular formula is C20H24N2O. The Morgan fingerprint density at radius 3 is 2.61 bits per heavy atom. The molecule has 0 bridgehead atoms. The number of ether oxygens (including phenoxy) is 1. The molecule has 120 valence electrons. The summed E-state index contributed by atoms with van der Waals surface area (Å²) in [6.07, 6.45) is 4.32. The van der Waals surface area contributed by atoms with Gasteiger partial charge in [-0.15, -0.1) is 0 Å². The lowest BCUT2D eigenvalue weighted by Gasteiger charge is -2.14. The van der Waals surface area contributed by atoms with Gasteiger partial charge in [0.25, 0.3) is 0 Å². The largest absolute Gasteiger partial charge is 0.496 e. The number of hydrogen-bond acceptors (Lipinski definition) is 3.